The van der Waals surface area contributed by atoms with Crippen molar-refractivity contribution in [1.29, 1.82) is 0 Å². The first kappa shape index (κ1) is 16.9. The lowest BCUT2D eigenvalue weighted by atomic mass is 9.87. The van der Waals surface area contributed by atoms with E-state index < -0.39 is 0 Å². The van der Waals surface area contributed by atoms with E-state index in [1.807, 2.05) is 26.1 Å². The van der Waals surface area contributed by atoms with E-state index in [4.69, 9.17) is 4.74 Å². The minimum Gasteiger partial charge on any atom is -0.437 e. The van der Waals surface area contributed by atoms with Crippen LogP contribution >= 0.6 is 0 Å². The summed E-state index contributed by atoms with van der Waals surface area (Å²) in [5.41, 5.74) is 2.03. The molecule has 0 amide bonds. The summed E-state index contributed by atoms with van der Waals surface area (Å²) >= 11 is 0. The van der Waals surface area contributed by atoms with Crippen LogP contribution in [0.25, 0.3) is 0 Å². The smallest absolute Gasteiger partial charge is 0.222 e. The van der Waals surface area contributed by atoms with Crippen LogP contribution in [-0.4, -0.2) is 32.5 Å². The Hall–Kier alpha value is -1.92. The minimum absolute atomic E-state index is 0.129. The van der Waals surface area contributed by atoms with E-state index in [1.165, 1.54) is 6.42 Å². The molecular weight excluding hydrogens is 304 g/mol. The summed E-state index contributed by atoms with van der Waals surface area (Å²) in [6.07, 6.45) is 7.45. The molecule has 6 nitrogen and oxygen atoms in total. The molecule has 2 N–H and O–H groups in total. The number of aliphatic hydroxyl groups is 1. The van der Waals surface area contributed by atoms with Gasteiger partial charge >= 0.3 is 0 Å². The van der Waals surface area contributed by atoms with Gasteiger partial charge < -0.3 is 15.2 Å². The highest BCUT2D eigenvalue weighted by Crippen LogP contribution is 2.27. The summed E-state index contributed by atoms with van der Waals surface area (Å²) in [6, 6.07) is 3.74. The number of aliphatic hydroxyl groups excluding tert-OH is 1. The molecule has 0 saturated heterocycles. The van der Waals surface area contributed by atoms with Gasteiger partial charge in [-0.25, -0.2) is 4.68 Å². The zero-order chi connectivity index (χ0) is 16.9. The van der Waals surface area contributed by atoms with Gasteiger partial charge in [-0.15, -0.1) is 0 Å². The lowest BCUT2D eigenvalue weighted by Crippen LogP contribution is -2.29. The van der Waals surface area contributed by atoms with Crippen LogP contribution in [0.15, 0.2) is 24.5 Å². The molecule has 130 valence electrons. The Bertz CT molecular complexity index is 657. The van der Waals surface area contributed by atoms with E-state index in [1.54, 1.807) is 17.1 Å². The van der Waals surface area contributed by atoms with Crippen molar-refractivity contribution in [2.24, 2.45) is 13.0 Å². The molecule has 1 aliphatic rings. The summed E-state index contributed by atoms with van der Waals surface area (Å²) in [5, 5.41) is 17.8. The topological polar surface area (TPSA) is 72.2 Å². The maximum atomic E-state index is 9.78. The van der Waals surface area contributed by atoms with Crippen LogP contribution in [0.2, 0.25) is 0 Å². The summed E-state index contributed by atoms with van der Waals surface area (Å²) in [7, 11) is 1.89. The first-order valence-electron chi connectivity index (χ1n) is 8.62. The number of aromatic nitrogens is 3. The highest BCUT2D eigenvalue weighted by Gasteiger charge is 2.21. The van der Waals surface area contributed by atoms with Crippen molar-refractivity contribution in [2.45, 2.75) is 45.3 Å². The number of pyridine rings is 1. The average molecular weight is 330 g/mol. The van der Waals surface area contributed by atoms with Gasteiger partial charge in [-0.05, 0) is 50.8 Å². The van der Waals surface area contributed by atoms with Crippen LogP contribution in [0.3, 0.4) is 0 Å². The monoisotopic (exact) mass is 330 g/mol. The molecule has 0 spiro atoms. The van der Waals surface area contributed by atoms with Gasteiger partial charge in [0.2, 0.25) is 5.88 Å². The number of hydrogen-bond donors (Lipinski definition) is 2. The molecule has 1 aliphatic carbocycles. The zero-order valence-electron chi connectivity index (χ0n) is 14.4. The third-order valence-corrected chi connectivity index (χ3v) is 4.63. The van der Waals surface area contributed by atoms with Gasteiger partial charge in [0, 0.05) is 19.8 Å². The molecule has 0 aliphatic heterocycles. The van der Waals surface area contributed by atoms with E-state index in [2.05, 4.69) is 15.4 Å². The Morgan fingerprint density at radius 1 is 1.42 bits per heavy atom. The van der Waals surface area contributed by atoms with Gasteiger partial charge in [-0.3, -0.25) is 4.98 Å². The molecule has 6 heteroatoms. The molecule has 2 atom stereocenters. The fourth-order valence-corrected chi connectivity index (χ4v) is 3.38. The molecule has 0 bridgehead atoms. The molecule has 0 aromatic carbocycles. The van der Waals surface area contributed by atoms with Crippen LogP contribution in [0.4, 0.5) is 0 Å². The second kappa shape index (κ2) is 7.77. The van der Waals surface area contributed by atoms with E-state index in [9.17, 15) is 5.11 Å². The summed E-state index contributed by atoms with van der Waals surface area (Å²) in [4.78, 5) is 4.08. The van der Waals surface area contributed by atoms with Crippen LogP contribution in [0, 0.1) is 12.8 Å². The lowest BCUT2D eigenvalue weighted by molar-refractivity contribution is 0.101. The molecule has 2 aromatic heterocycles. The third kappa shape index (κ3) is 4.13. The predicted octanol–water partition coefficient (Wildman–Crippen LogP) is 2.56. The Kier molecular flexibility index (Phi) is 5.48. The van der Waals surface area contributed by atoms with Crippen LogP contribution in [-0.2, 0) is 13.6 Å². The van der Waals surface area contributed by atoms with E-state index in [-0.39, 0.29) is 6.10 Å². The summed E-state index contributed by atoms with van der Waals surface area (Å²) in [5.74, 6) is 2.00. The number of nitrogens with zero attached hydrogens (tertiary/aromatic N) is 3. The molecule has 2 aromatic rings. The van der Waals surface area contributed by atoms with Gasteiger partial charge in [-0.1, -0.05) is 6.42 Å². The average Bonchev–Trinajstić information content (AvgIpc) is 2.83. The largest absolute Gasteiger partial charge is 0.437 e. The second-order valence-corrected chi connectivity index (χ2v) is 6.60. The molecule has 1 fully saturated rings. The minimum atomic E-state index is -0.129. The van der Waals surface area contributed by atoms with Crippen molar-refractivity contribution in [1.82, 2.24) is 20.1 Å². The van der Waals surface area contributed by atoms with E-state index in [0.29, 0.717) is 18.2 Å². The molecular formula is C18H26N4O2. The maximum Gasteiger partial charge on any atom is 0.222 e. The molecule has 24 heavy (non-hydrogen) atoms. The molecule has 2 heterocycles. The quantitative estimate of drug-likeness (QED) is 0.852. The number of nitrogens with one attached hydrogen (secondary N) is 1. The lowest BCUT2D eigenvalue weighted by Gasteiger charge is -2.26. The van der Waals surface area contributed by atoms with Gasteiger partial charge in [0.1, 0.15) is 5.75 Å². The Balaban J connectivity index is 1.62. The second-order valence-electron chi connectivity index (χ2n) is 6.60. The molecule has 0 radical (unpaired) electrons. The van der Waals surface area contributed by atoms with Gasteiger partial charge in [-0.2, -0.15) is 5.10 Å². The summed E-state index contributed by atoms with van der Waals surface area (Å²) < 4.78 is 7.75. The van der Waals surface area contributed by atoms with Crippen LogP contribution in [0.1, 0.15) is 36.9 Å². The van der Waals surface area contributed by atoms with Crippen molar-refractivity contribution in [2.75, 3.05) is 6.54 Å². The number of hydrogen-bond acceptors (Lipinski definition) is 5. The van der Waals surface area contributed by atoms with E-state index in [0.717, 1.165) is 42.9 Å². The standard InChI is InChI=1S/C18H26N4O2/c1-13-17(12-20-10-14-5-3-6-15(23)9-14)18(22(2)21-13)24-16-7-4-8-19-11-16/h4,7-8,11,14-15,20,23H,3,5-6,9-10,12H2,1-2H3. The first-order valence-corrected chi connectivity index (χ1v) is 8.62. The summed E-state index contributed by atoms with van der Waals surface area (Å²) in [6.45, 7) is 3.62. The maximum absolute atomic E-state index is 9.78. The predicted molar refractivity (Wildman–Crippen MR) is 91.9 cm³/mol. The Morgan fingerprint density at radius 3 is 3.04 bits per heavy atom. The Labute approximate surface area is 142 Å². The molecule has 3 rings (SSSR count). The highest BCUT2D eigenvalue weighted by molar-refractivity contribution is 5.34. The third-order valence-electron chi connectivity index (χ3n) is 4.63. The van der Waals surface area contributed by atoms with Crippen LogP contribution < -0.4 is 10.1 Å². The van der Waals surface area contributed by atoms with Crippen molar-refractivity contribution in [3.63, 3.8) is 0 Å². The molecule has 1 saturated carbocycles. The fraction of sp³-hybridized carbons (Fsp3) is 0.556. The van der Waals surface area contributed by atoms with Crippen molar-refractivity contribution >= 4 is 0 Å². The van der Waals surface area contributed by atoms with Gasteiger partial charge in [0.15, 0.2) is 0 Å². The number of ether oxygens (including phenoxy) is 1. The zero-order valence-corrected chi connectivity index (χ0v) is 14.4. The van der Waals surface area contributed by atoms with Gasteiger partial charge in [0.05, 0.1) is 23.6 Å². The normalized spacial score (nSPS) is 21.0. The SMILES string of the molecule is Cc1nn(C)c(Oc2cccnc2)c1CNCC1CCCC(O)C1. The van der Waals surface area contributed by atoms with Gasteiger partial charge in [0.25, 0.3) is 0 Å². The van der Waals surface area contributed by atoms with Crippen molar-refractivity contribution in [3.8, 4) is 11.6 Å². The van der Waals surface area contributed by atoms with E-state index >= 15 is 0 Å². The number of aryl methyl sites for hydroxylation is 2. The molecule has 2 unspecified atom stereocenters. The van der Waals surface area contributed by atoms with Crippen LogP contribution in [0.5, 0.6) is 11.6 Å². The fourth-order valence-electron chi connectivity index (χ4n) is 3.38. The Morgan fingerprint density at radius 2 is 2.29 bits per heavy atom. The van der Waals surface area contributed by atoms with Crippen molar-refractivity contribution < 1.29 is 9.84 Å². The highest BCUT2D eigenvalue weighted by atomic mass is 16.5. The number of rotatable bonds is 6. The first-order chi connectivity index (χ1) is 11.6. The van der Waals surface area contributed by atoms with Crippen molar-refractivity contribution in [3.05, 3.63) is 35.8 Å².